The molecule has 2 aromatic heterocycles. The van der Waals surface area contributed by atoms with E-state index in [1.165, 1.54) is 42.2 Å². The Morgan fingerprint density at radius 1 is 0.913 bits per heavy atom. The summed E-state index contributed by atoms with van der Waals surface area (Å²) in [6.07, 6.45) is 4.97. The van der Waals surface area contributed by atoms with Crippen LogP contribution in [0.3, 0.4) is 0 Å². The lowest BCUT2D eigenvalue weighted by molar-refractivity contribution is 0.376. The van der Waals surface area contributed by atoms with E-state index in [2.05, 4.69) is 73.4 Å². The van der Waals surface area contributed by atoms with Gasteiger partial charge in [0.15, 0.2) is 0 Å². The van der Waals surface area contributed by atoms with E-state index in [-0.39, 0.29) is 0 Å². The molecule has 4 heteroatoms. The van der Waals surface area contributed by atoms with Gasteiger partial charge in [0.2, 0.25) is 5.78 Å². The molecule has 4 aromatic rings. The van der Waals surface area contributed by atoms with E-state index in [1.807, 2.05) is 0 Å². The predicted molar refractivity (Wildman–Crippen MR) is 98.4 cm³/mol. The molecular formula is C19H18BrN3. The Kier molecular flexibility index (Phi) is 3.02. The summed E-state index contributed by atoms with van der Waals surface area (Å²) >= 11 is 3.84. The van der Waals surface area contributed by atoms with Crippen molar-refractivity contribution in [2.24, 2.45) is 0 Å². The summed E-state index contributed by atoms with van der Waals surface area (Å²) in [4.78, 5) is 5.58. The van der Waals surface area contributed by atoms with Crippen molar-refractivity contribution in [2.75, 3.05) is 0 Å². The third-order valence-corrected chi connectivity index (χ3v) is 5.92. The van der Waals surface area contributed by atoms with Crippen LogP contribution in [0, 0.1) is 0 Å². The van der Waals surface area contributed by atoms with Crippen LogP contribution in [-0.4, -0.2) is 18.8 Å². The minimum absolute atomic E-state index is 0.521. The highest BCUT2D eigenvalue weighted by Gasteiger charge is 2.26. The van der Waals surface area contributed by atoms with Crippen molar-refractivity contribution >= 4 is 43.8 Å². The van der Waals surface area contributed by atoms with E-state index in [0.29, 0.717) is 10.9 Å². The summed E-state index contributed by atoms with van der Waals surface area (Å²) in [7, 11) is 0. The minimum atomic E-state index is 0.521. The Labute approximate surface area is 143 Å². The number of fused-ring (bicyclic) bond motifs is 5. The molecule has 0 radical (unpaired) electrons. The second-order valence-electron chi connectivity index (χ2n) is 6.51. The van der Waals surface area contributed by atoms with Crippen LogP contribution in [-0.2, 0) is 0 Å². The van der Waals surface area contributed by atoms with Crippen molar-refractivity contribution in [3.8, 4) is 0 Å². The molecule has 1 saturated carbocycles. The van der Waals surface area contributed by atoms with Crippen LogP contribution in [0.2, 0.25) is 0 Å². The zero-order valence-electron chi connectivity index (χ0n) is 12.8. The maximum atomic E-state index is 4.96. The third-order valence-electron chi connectivity index (χ3n) is 5.09. The Balaban J connectivity index is 1.88. The first kappa shape index (κ1) is 13.6. The molecule has 3 nitrogen and oxygen atoms in total. The van der Waals surface area contributed by atoms with Crippen LogP contribution in [0.25, 0.3) is 27.8 Å². The van der Waals surface area contributed by atoms with Crippen LogP contribution in [0.5, 0.6) is 0 Å². The molecular weight excluding hydrogens is 350 g/mol. The standard InChI is InChI=1S/C19H18BrN3/c20-13-6-5-7-14(12-13)22-17-10-3-4-11-18(17)23-16-9-2-1-8-15(16)21-19(22)23/h1-4,8-11,13-14H,5-7,12H2. The molecule has 2 aromatic carbocycles. The molecule has 2 unspecified atom stereocenters. The van der Waals surface area contributed by atoms with Gasteiger partial charge in [0, 0.05) is 10.9 Å². The Hall–Kier alpha value is -1.81. The van der Waals surface area contributed by atoms with E-state index in [4.69, 9.17) is 4.98 Å². The van der Waals surface area contributed by atoms with Gasteiger partial charge in [-0.05, 0) is 43.5 Å². The Morgan fingerprint density at radius 2 is 1.65 bits per heavy atom. The maximum Gasteiger partial charge on any atom is 0.216 e. The lowest BCUT2D eigenvalue weighted by atomic mass is 9.95. The van der Waals surface area contributed by atoms with E-state index < -0.39 is 0 Å². The number of hydrogen-bond donors (Lipinski definition) is 0. The van der Waals surface area contributed by atoms with Gasteiger partial charge >= 0.3 is 0 Å². The van der Waals surface area contributed by atoms with Gasteiger partial charge in [0.05, 0.1) is 22.1 Å². The molecule has 2 atom stereocenters. The van der Waals surface area contributed by atoms with Crippen molar-refractivity contribution in [2.45, 2.75) is 36.6 Å². The normalized spacial score (nSPS) is 22.3. The first-order chi connectivity index (χ1) is 11.3. The number of alkyl halides is 1. The molecule has 0 saturated heterocycles. The van der Waals surface area contributed by atoms with Gasteiger partial charge in [-0.2, -0.15) is 0 Å². The molecule has 116 valence electrons. The fourth-order valence-electron chi connectivity index (χ4n) is 4.08. The predicted octanol–water partition coefficient (Wildman–Crippen LogP) is 5.32. The number of para-hydroxylation sites is 4. The van der Waals surface area contributed by atoms with Crippen LogP contribution in [0.1, 0.15) is 31.7 Å². The van der Waals surface area contributed by atoms with Gasteiger partial charge in [0.1, 0.15) is 0 Å². The molecule has 0 aliphatic heterocycles. The molecule has 0 N–H and O–H groups in total. The lowest BCUT2D eigenvalue weighted by Crippen LogP contribution is -2.19. The molecule has 1 aliphatic rings. The van der Waals surface area contributed by atoms with Crippen LogP contribution >= 0.6 is 15.9 Å². The average molecular weight is 368 g/mol. The number of aromatic nitrogens is 3. The molecule has 23 heavy (non-hydrogen) atoms. The summed E-state index contributed by atoms with van der Waals surface area (Å²) in [6.45, 7) is 0. The van der Waals surface area contributed by atoms with Crippen LogP contribution in [0.4, 0.5) is 0 Å². The highest BCUT2D eigenvalue weighted by atomic mass is 79.9. The van der Waals surface area contributed by atoms with Crippen molar-refractivity contribution in [3.05, 3.63) is 48.5 Å². The Bertz CT molecular complexity index is 1010. The van der Waals surface area contributed by atoms with Crippen LogP contribution in [0.15, 0.2) is 48.5 Å². The van der Waals surface area contributed by atoms with E-state index in [0.717, 1.165) is 11.3 Å². The van der Waals surface area contributed by atoms with Crippen molar-refractivity contribution in [1.82, 2.24) is 14.0 Å². The van der Waals surface area contributed by atoms with E-state index >= 15 is 0 Å². The topological polar surface area (TPSA) is 22.2 Å². The minimum Gasteiger partial charge on any atom is -0.306 e. The zero-order chi connectivity index (χ0) is 15.4. The zero-order valence-corrected chi connectivity index (χ0v) is 14.4. The average Bonchev–Trinajstić information content (AvgIpc) is 3.09. The first-order valence-electron chi connectivity index (χ1n) is 8.33. The molecule has 5 rings (SSSR count). The molecule has 0 amide bonds. The third kappa shape index (κ3) is 1.97. The summed E-state index contributed by atoms with van der Waals surface area (Å²) in [5, 5.41) is 0. The second kappa shape index (κ2) is 5.10. The number of imidazole rings is 2. The van der Waals surface area contributed by atoms with Gasteiger partial charge in [0.25, 0.3) is 0 Å². The van der Waals surface area contributed by atoms with Crippen molar-refractivity contribution < 1.29 is 0 Å². The molecule has 2 heterocycles. The van der Waals surface area contributed by atoms with Gasteiger partial charge in [-0.25, -0.2) is 4.98 Å². The molecule has 0 bridgehead atoms. The summed E-state index contributed by atoms with van der Waals surface area (Å²) in [6, 6.07) is 17.7. The smallest absolute Gasteiger partial charge is 0.216 e. The summed E-state index contributed by atoms with van der Waals surface area (Å²) in [5.74, 6) is 1.08. The summed E-state index contributed by atoms with van der Waals surface area (Å²) < 4.78 is 4.80. The lowest BCUT2D eigenvalue weighted by Gasteiger charge is -2.27. The number of benzene rings is 2. The number of rotatable bonds is 1. The molecule has 1 fully saturated rings. The quantitative estimate of drug-likeness (QED) is 0.417. The maximum absolute atomic E-state index is 4.96. The van der Waals surface area contributed by atoms with Gasteiger partial charge in [-0.3, -0.25) is 4.40 Å². The number of hydrogen-bond acceptors (Lipinski definition) is 1. The number of nitrogens with zero attached hydrogens (tertiary/aromatic N) is 3. The van der Waals surface area contributed by atoms with Crippen molar-refractivity contribution in [1.29, 1.82) is 0 Å². The second-order valence-corrected chi connectivity index (χ2v) is 7.81. The molecule has 1 aliphatic carbocycles. The van der Waals surface area contributed by atoms with E-state index in [1.54, 1.807) is 0 Å². The highest BCUT2D eigenvalue weighted by Crippen LogP contribution is 2.37. The largest absolute Gasteiger partial charge is 0.306 e. The van der Waals surface area contributed by atoms with Gasteiger partial charge < -0.3 is 4.57 Å². The Morgan fingerprint density at radius 3 is 2.48 bits per heavy atom. The summed E-state index contributed by atoms with van der Waals surface area (Å²) in [5.41, 5.74) is 4.83. The molecule has 0 spiro atoms. The fourth-order valence-corrected chi connectivity index (χ4v) is 4.83. The van der Waals surface area contributed by atoms with Gasteiger partial charge in [-0.15, -0.1) is 0 Å². The first-order valence-corrected chi connectivity index (χ1v) is 9.25. The monoisotopic (exact) mass is 367 g/mol. The SMILES string of the molecule is BrC1CCCC(n2c3ccccc3n3c4ccccc4nc23)C1. The highest BCUT2D eigenvalue weighted by molar-refractivity contribution is 9.09. The van der Waals surface area contributed by atoms with Crippen LogP contribution < -0.4 is 0 Å². The fraction of sp³-hybridized carbons (Fsp3) is 0.316. The number of halogens is 1. The van der Waals surface area contributed by atoms with Gasteiger partial charge in [-0.1, -0.05) is 46.6 Å². The van der Waals surface area contributed by atoms with E-state index in [9.17, 15) is 0 Å². The van der Waals surface area contributed by atoms with Crippen molar-refractivity contribution in [3.63, 3.8) is 0 Å².